The fourth-order valence-electron chi connectivity index (χ4n) is 5.07. The Morgan fingerprint density at radius 2 is 1.70 bits per heavy atom. The first-order valence-corrected chi connectivity index (χ1v) is 11.7. The molecule has 0 spiro atoms. The zero-order valence-corrected chi connectivity index (χ0v) is 19.1. The molecule has 0 saturated carbocycles. The summed E-state index contributed by atoms with van der Waals surface area (Å²) in [6.45, 7) is 9.60. The van der Waals surface area contributed by atoms with Gasteiger partial charge in [0.15, 0.2) is 0 Å². The van der Waals surface area contributed by atoms with Gasteiger partial charge in [-0.25, -0.2) is 13.2 Å². The summed E-state index contributed by atoms with van der Waals surface area (Å²) >= 11 is 0. The van der Waals surface area contributed by atoms with E-state index in [9.17, 15) is 13.2 Å². The van der Waals surface area contributed by atoms with E-state index in [1.165, 1.54) is 18.2 Å². The summed E-state index contributed by atoms with van der Waals surface area (Å²) in [7, 11) is 0. The van der Waals surface area contributed by atoms with E-state index in [1.54, 1.807) is 6.07 Å². The van der Waals surface area contributed by atoms with Gasteiger partial charge in [0.25, 0.3) is 0 Å². The molecule has 0 bridgehead atoms. The van der Waals surface area contributed by atoms with Crippen LogP contribution in [0, 0.1) is 23.4 Å². The molecule has 0 amide bonds. The van der Waals surface area contributed by atoms with Gasteiger partial charge in [0.1, 0.15) is 23.2 Å². The molecule has 0 aromatic heterocycles. The average Bonchev–Trinajstić information content (AvgIpc) is 2.74. The minimum Gasteiger partial charge on any atom is -0.493 e. The maximum absolute atomic E-state index is 13.8. The maximum Gasteiger partial charge on any atom is 0.129 e. The highest BCUT2D eigenvalue weighted by Gasteiger charge is 2.29. The lowest BCUT2D eigenvalue weighted by Crippen LogP contribution is -2.43. The van der Waals surface area contributed by atoms with E-state index in [2.05, 4.69) is 23.3 Å². The molecule has 178 valence electrons. The topological polar surface area (TPSA) is 41.7 Å². The molecule has 0 aliphatic carbocycles. The predicted octanol–water partition coefficient (Wildman–Crippen LogP) is 5.52. The number of aryl methyl sites for hydroxylation is 1. The van der Waals surface area contributed by atoms with E-state index in [4.69, 9.17) is 10.5 Å². The van der Waals surface area contributed by atoms with Crippen LogP contribution in [0.4, 0.5) is 24.5 Å². The summed E-state index contributed by atoms with van der Waals surface area (Å²) in [5.41, 5.74) is 9.50. The minimum absolute atomic E-state index is 0.233. The number of benzene rings is 2. The monoisotopic (exact) mass is 459 g/mol. The Bertz CT molecular complexity index is 984. The molecule has 1 saturated heterocycles. The number of piperidine rings is 1. The number of anilines is 2. The van der Waals surface area contributed by atoms with Crippen LogP contribution in [-0.4, -0.2) is 37.2 Å². The van der Waals surface area contributed by atoms with Crippen molar-refractivity contribution in [3.05, 3.63) is 65.6 Å². The van der Waals surface area contributed by atoms with Gasteiger partial charge in [0.2, 0.25) is 0 Å². The van der Waals surface area contributed by atoms with Gasteiger partial charge in [-0.2, -0.15) is 0 Å². The molecule has 2 aliphatic rings. The van der Waals surface area contributed by atoms with E-state index < -0.39 is 11.6 Å². The summed E-state index contributed by atoms with van der Waals surface area (Å²) in [6, 6.07) is 6.50. The molecule has 2 N–H and O–H groups in total. The molecule has 1 fully saturated rings. The van der Waals surface area contributed by atoms with Crippen LogP contribution in [0.25, 0.3) is 0 Å². The third-order valence-electron chi connectivity index (χ3n) is 6.78. The van der Waals surface area contributed by atoms with Crippen molar-refractivity contribution in [1.82, 2.24) is 4.90 Å². The molecule has 2 aromatic rings. The summed E-state index contributed by atoms with van der Waals surface area (Å²) in [4.78, 5) is 4.58. The SMILES string of the molecule is C=C(CN1CCC(CCOc2cc(F)cc(F)c2)CC1)N1c2c(N)cc(F)cc2CCC1C. The van der Waals surface area contributed by atoms with Gasteiger partial charge in [-0.05, 0) is 75.7 Å². The Morgan fingerprint density at radius 3 is 2.39 bits per heavy atom. The van der Waals surface area contributed by atoms with E-state index in [-0.39, 0.29) is 17.6 Å². The standard InChI is InChI=1S/C26H32F3N3O/c1-17-3-4-20-11-21(27)15-25(30)26(20)32(17)18(2)16-31-8-5-19(6-9-31)7-10-33-24-13-22(28)12-23(29)14-24/h11-15,17,19H,2-10,16,30H2,1H3. The first-order valence-electron chi connectivity index (χ1n) is 11.7. The normalized spacial score (nSPS) is 19.4. The van der Waals surface area contributed by atoms with Gasteiger partial charge < -0.3 is 15.4 Å². The molecule has 7 heteroatoms. The van der Waals surface area contributed by atoms with Crippen LogP contribution in [-0.2, 0) is 6.42 Å². The second-order valence-corrected chi connectivity index (χ2v) is 9.29. The molecule has 0 radical (unpaired) electrons. The fraction of sp³-hybridized carbons (Fsp3) is 0.462. The summed E-state index contributed by atoms with van der Waals surface area (Å²) in [5.74, 6) is -0.801. The zero-order valence-electron chi connectivity index (χ0n) is 19.1. The average molecular weight is 460 g/mol. The third kappa shape index (κ3) is 5.64. The van der Waals surface area contributed by atoms with E-state index in [0.29, 0.717) is 18.2 Å². The number of halogens is 3. The van der Waals surface area contributed by atoms with Crippen molar-refractivity contribution < 1.29 is 17.9 Å². The lowest BCUT2D eigenvalue weighted by molar-refractivity contribution is 0.171. The van der Waals surface area contributed by atoms with Crippen molar-refractivity contribution in [3.63, 3.8) is 0 Å². The van der Waals surface area contributed by atoms with Gasteiger partial charge in [0.05, 0.1) is 18.0 Å². The molecule has 1 unspecified atom stereocenters. The Kier molecular flexibility index (Phi) is 7.17. The molecular weight excluding hydrogens is 427 g/mol. The summed E-state index contributed by atoms with van der Waals surface area (Å²) in [5, 5.41) is 0. The Hall–Kier alpha value is -2.67. The number of ether oxygens (including phenoxy) is 1. The third-order valence-corrected chi connectivity index (χ3v) is 6.78. The second kappa shape index (κ2) is 10.1. The summed E-state index contributed by atoms with van der Waals surface area (Å²) < 4.78 is 45.9. The van der Waals surface area contributed by atoms with Crippen molar-refractivity contribution in [1.29, 1.82) is 0 Å². The molecule has 2 heterocycles. The van der Waals surface area contributed by atoms with Crippen molar-refractivity contribution in [2.24, 2.45) is 5.92 Å². The van der Waals surface area contributed by atoms with Crippen LogP contribution < -0.4 is 15.4 Å². The minimum atomic E-state index is -0.629. The van der Waals surface area contributed by atoms with Gasteiger partial charge in [0, 0.05) is 36.5 Å². The first-order chi connectivity index (χ1) is 15.8. The molecule has 2 aliphatic heterocycles. The smallest absolute Gasteiger partial charge is 0.129 e. The van der Waals surface area contributed by atoms with Crippen molar-refractivity contribution in [3.8, 4) is 5.75 Å². The van der Waals surface area contributed by atoms with Crippen LogP contribution in [0.2, 0.25) is 0 Å². The van der Waals surface area contributed by atoms with Crippen LogP contribution in [0.1, 0.15) is 38.2 Å². The first kappa shape index (κ1) is 23.5. The number of nitrogen functional groups attached to an aromatic ring is 1. The van der Waals surface area contributed by atoms with E-state index in [0.717, 1.165) is 74.8 Å². The molecule has 33 heavy (non-hydrogen) atoms. The van der Waals surface area contributed by atoms with Crippen molar-refractivity contribution in [2.75, 3.05) is 36.9 Å². The largest absolute Gasteiger partial charge is 0.493 e. The lowest BCUT2D eigenvalue weighted by Gasteiger charge is -2.41. The Balaban J connectivity index is 1.27. The Morgan fingerprint density at radius 1 is 1.03 bits per heavy atom. The molecular formula is C26H32F3N3O. The zero-order chi connectivity index (χ0) is 23.5. The summed E-state index contributed by atoms with van der Waals surface area (Å²) in [6.07, 6.45) is 4.68. The highest BCUT2D eigenvalue weighted by Crippen LogP contribution is 2.38. The Labute approximate surface area is 193 Å². The molecule has 2 aromatic carbocycles. The molecule has 4 rings (SSSR count). The highest BCUT2D eigenvalue weighted by molar-refractivity contribution is 5.75. The number of hydrogen-bond acceptors (Lipinski definition) is 4. The number of fused-ring (bicyclic) bond motifs is 1. The number of hydrogen-bond donors (Lipinski definition) is 1. The molecule has 4 nitrogen and oxygen atoms in total. The van der Waals surface area contributed by atoms with Gasteiger partial charge in [-0.3, -0.25) is 4.90 Å². The quantitative estimate of drug-likeness (QED) is 0.554. The number of nitrogens with two attached hydrogens (primary N) is 1. The van der Waals surface area contributed by atoms with Crippen LogP contribution in [0.5, 0.6) is 5.75 Å². The van der Waals surface area contributed by atoms with Gasteiger partial charge in [-0.1, -0.05) is 6.58 Å². The van der Waals surface area contributed by atoms with Gasteiger partial charge in [-0.15, -0.1) is 0 Å². The lowest BCUT2D eigenvalue weighted by atomic mass is 9.93. The van der Waals surface area contributed by atoms with E-state index in [1.807, 2.05) is 0 Å². The van der Waals surface area contributed by atoms with Crippen molar-refractivity contribution in [2.45, 2.75) is 45.1 Å². The van der Waals surface area contributed by atoms with Crippen LogP contribution in [0.15, 0.2) is 42.6 Å². The predicted molar refractivity (Wildman–Crippen MR) is 126 cm³/mol. The highest BCUT2D eigenvalue weighted by atomic mass is 19.1. The number of rotatable bonds is 7. The maximum atomic E-state index is 13.8. The van der Waals surface area contributed by atoms with Crippen molar-refractivity contribution >= 4 is 11.4 Å². The number of likely N-dealkylation sites (tertiary alicyclic amines) is 1. The second-order valence-electron chi connectivity index (χ2n) is 9.29. The van der Waals surface area contributed by atoms with Gasteiger partial charge >= 0.3 is 0 Å². The van der Waals surface area contributed by atoms with Crippen LogP contribution in [0.3, 0.4) is 0 Å². The van der Waals surface area contributed by atoms with E-state index >= 15 is 0 Å². The fourth-order valence-corrected chi connectivity index (χ4v) is 5.07. The van der Waals surface area contributed by atoms with Crippen LogP contribution >= 0.6 is 0 Å². The number of nitrogens with zero attached hydrogens (tertiary/aromatic N) is 2. The molecule has 1 atom stereocenters.